The normalized spacial score (nSPS) is 16.3. The zero-order valence-electron chi connectivity index (χ0n) is 24.7. The van der Waals surface area contributed by atoms with Crippen LogP contribution in [0.25, 0.3) is 0 Å². The molecule has 2 heterocycles. The van der Waals surface area contributed by atoms with Crippen molar-refractivity contribution in [3.63, 3.8) is 0 Å². The van der Waals surface area contributed by atoms with Gasteiger partial charge >= 0.3 is 6.09 Å². The lowest BCUT2D eigenvalue weighted by Gasteiger charge is -2.41. The van der Waals surface area contributed by atoms with E-state index in [-0.39, 0.29) is 6.10 Å². The number of amides is 1. The van der Waals surface area contributed by atoms with Crippen LogP contribution in [0.5, 0.6) is 0 Å². The maximum absolute atomic E-state index is 12.2. The number of hydrogen-bond acceptors (Lipinski definition) is 4. The number of anilines is 1. The summed E-state index contributed by atoms with van der Waals surface area (Å²) in [7, 11) is 0.740. The molecule has 2 aromatic carbocycles. The van der Waals surface area contributed by atoms with Crippen LogP contribution in [0.2, 0.25) is 0 Å². The molecule has 3 aromatic rings. The Morgan fingerprint density at radius 1 is 0.974 bits per heavy atom. The fourth-order valence-corrected chi connectivity index (χ4v) is 4.03. The molecule has 1 fully saturated rings. The van der Waals surface area contributed by atoms with E-state index in [4.69, 9.17) is 9.47 Å². The highest BCUT2D eigenvalue weighted by atomic mass is 32.3. The maximum Gasteiger partial charge on any atom is 0.416 e. The molecule has 1 saturated heterocycles. The van der Waals surface area contributed by atoms with E-state index in [0.29, 0.717) is 12.4 Å². The van der Waals surface area contributed by atoms with E-state index in [0.717, 1.165) is 12.0 Å². The molecule has 1 aliphatic rings. The molecule has 0 N–H and O–H groups in total. The largest absolute Gasteiger partial charge is 0.440 e. The highest BCUT2D eigenvalue weighted by Crippen LogP contribution is 2.32. The summed E-state index contributed by atoms with van der Waals surface area (Å²) in [5.74, 6) is 3.67. The van der Waals surface area contributed by atoms with Crippen LogP contribution in [0.4, 0.5) is 10.6 Å². The Kier molecular flexibility index (Phi) is 12.6. The second-order valence-electron chi connectivity index (χ2n) is 10.6. The minimum atomic E-state index is -0.875. The summed E-state index contributed by atoms with van der Waals surface area (Å²) in [4.78, 5) is 18.0. The molecule has 0 saturated carbocycles. The van der Waals surface area contributed by atoms with Crippen LogP contribution in [0.3, 0.4) is 0 Å². The Bertz CT molecular complexity index is 1160. The third-order valence-electron chi connectivity index (χ3n) is 5.60. The molecule has 1 aliphatic heterocycles. The third-order valence-corrected chi connectivity index (χ3v) is 6.31. The van der Waals surface area contributed by atoms with E-state index in [1.54, 1.807) is 19.4 Å². The van der Waals surface area contributed by atoms with Crippen molar-refractivity contribution in [2.45, 2.75) is 52.2 Å². The van der Waals surface area contributed by atoms with E-state index in [9.17, 15) is 4.79 Å². The first kappa shape index (κ1) is 31.9. The molecule has 1 amide bonds. The quantitative estimate of drug-likeness (QED) is 0.316. The van der Waals surface area contributed by atoms with Crippen LogP contribution in [0.15, 0.2) is 79.0 Å². The zero-order valence-corrected chi connectivity index (χ0v) is 25.5. The van der Waals surface area contributed by atoms with Crippen LogP contribution in [0, 0.1) is 11.2 Å². The van der Waals surface area contributed by atoms with Crippen molar-refractivity contribution in [1.82, 2.24) is 4.98 Å². The lowest BCUT2D eigenvalue weighted by molar-refractivity contribution is -0.0858. The number of rotatable bonds is 4. The lowest BCUT2D eigenvalue weighted by Crippen LogP contribution is -2.57. The van der Waals surface area contributed by atoms with Crippen LogP contribution < -0.4 is 4.90 Å². The predicted octanol–water partition coefficient (Wildman–Crippen LogP) is 7.53. The number of aromatic nitrogens is 1. The molecule has 0 bridgehead atoms. The maximum atomic E-state index is 12.2. The summed E-state index contributed by atoms with van der Waals surface area (Å²) in [5, 5.41) is 3.24. The average Bonchev–Trinajstić information content (AvgIpc) is 2.89. The fourth-order valence-electron chi connectivity index (χ4n) is 3.61. The van der Waals surface area contributed by atoms with E-state index >= 15 is 0 Å². The number of benzene rings is 2. The summed E-state index contributed by atoms with van der Waals surface area (Å²) in [6, 6.07) is 24.7. The number of ether oxygens (including phenoxy) is 2. The van der Waals surface area contributed by atoms with Gasteiger partial charge in [0, 0.05) is 18.9 Å². The van der Waals surface area contributed by atoms with Crippen molar-refractivity contribution in [2.24, 2.45) is 0 Å². The second kappa shape index (κ2) is 15.4. The topological polar surface area (TPSA) is 51.7 Å². The number of hydrogen-bond donors (Lipinski definition) is 0. The van der Waals surface area contributed by atoms with Crippen molar-refractivity contribution in [3.8, 4) is 11.2 Å². The summed E-state index contributed by atoms with van der Waals surface area (Å²) in [5.41, 5.74) is 2.93. The Hall–Kier alpha value is -3.27. The van der Waals surface area contributed by atoms with E-state index in [1.807, 2.05) is 19.9 Å². The highest BCUT2D eigenvalue weighted by molar-refractivity contribution is 8.35. The van der Waals surface area contributed by atoms with Gasteiger partial charge in [-0.25, -0.2) is 9.78 Å². The van der Waals surface area contributed by atoms with Crippen LogP contribution in [-0.2, 0) is 15.9 Å². The van der Waals surface area contributed by atoms with Crippen molar-refractivity contribution < 1.29 is 14.3 Å². The number of pyridine rings is 1. The molecule has 1 unspecified atom stereocenters. The molecule has 1 aromatic heterocycles. The monoisotopic (exact) mass is 548 g/mol. The van der Waals surface area contributed by atoms with E-state index < -0.39 is 21.7 Å². The van der Waals surface area contributed by atoms with Crippen molar-refractivity contribution >= 4 is 21.9 Å². The van der Waals surface area contributed by atoms with Crippen molar-refractivity contribution in [3.05, 3.63) is 95.7 Å². The third kappa shape index (κ3) is 11.2. The molecule has 210 valence electrons. The van der Waals surface area contributed by atoms with Crippen LogP contribution >= 0.6 is 10.0 Å². The van der Waals surface area contributed by atoms with Crippen LogP contribution in [0.1, 0.15) is 50.8 Å². The Morgan fingerprint density at radius 2 is 1.51 bits per heavy atom. The zero-order chi connectivity index (χ0) is 28.9. The van der Waals surface area contributed by atoms with Gasteiger partial charge in [-0.3, -0.25) is 4.90 Å². The summed E-state index contributed by atoms with van der Waals surface area (Å²) >= 11 is 0. The molecule has 0 aliphatic carbocycles. The van der Waals surface area contributed by atoms with Gasteiger partial charge in [0.25, 0.3) is 0 Å². The van der Waals surface area contributed by atoms with Gasteiger partial charge in [0.1, 0.15) is 17.5 Å². The Morgan fingerprint density at radius 3 is 1.95 bits per heavy atom. The molecule has 4 rings (SSSR count). The lowest BCUT2D eigenvalue weighted by atomic mass is 9.99. The van der Waals surface area contributed by atoms with Crippen molar-refractivity contribution in [1.29, 1.82) is 0 Å². The van der Waals surface area contributed by atoms with Gasteiger partial charge in [-0.15, -0.1) is 0 Å². The molecule has 0 spiro atoms. The van der Waals surface area contributed by atoms with E-state index in [2.05, 4.69) is 109 Å². The van der Waals surface area contributed by atoms with Crippen LogP contribution in [-0.4, -0.2) is 55.2 Å². The summed E-state index contributed by atoms with van der Waals surface area (Å²) < 4.78 is 10.9. The molecule has 5 nitrogen and oxygen atoms in total. The fraction of sp³-hybridized carbons (Fsp3) is 0.394. The van der Waals surface area contributed by atoms with E-state index in [1.165, 1.54) is 22.4 Å². The number of methoxy groups -OCH3 is 1. The Labute approximate surface area is 237 Å². The second-order valence-corrected chi connectivity index (χ2v) is 14.5. The number of carbonyl (C=O) groups is 1. The average molecular weight is 549 g/mol. The van der Waals surface area contributed by atoms with Gasteiger partial charge in [0.2, 0.25) is 0 Å². The van der Waals surface area contributed by atoms with Gasteiger partial charge in [-0.2, -0.15) is 10.0 Å². The standard InChI is InChI=1S/C17H24N2O3S.C13H12.C3H8/c1-17(2)14(21-3)12-19(16(20)22-17)15-8-7-13(11-18-15)9-10-23(4,5)6;1-3-7-12(8-4-1)11-13-9-5-2-6-10-13;1-3-2/h7-8,11,14H,12H2,1-6H3;1-10H,11H2;3H2,1-2H3. The summed E-state index contributed by atoms with van der Waals surface area (Å²) in [6.07, 6.45) is 9.75. The minimum Gasteiger partial charge on any atom is -0.440 e. The smallest absolute Gasteiger partial charge is 0.416 e. The highest BCUT2D eigenvalue weighted by Gasteiger charge is 2.42. The number of nitrogens with zero attached hydrogens (tertiary/aromatic N) is 2. The van der Waals surface area contributed by atoms with Gasteiger partial charge in [0.05, 0.1) is 6.54 Å². The molecule has 1 atom stereocenters. The van der Waals surface area contributed by atoms with Gasteiger partial charge in [-0.1, -0.05) is 86.9 Å². The summed E-state index contributed by atoms with van der Waals surface area (Å²) in [6.45, 7) is 8.35. The van der Waals surface area contributed by atoms with Gasteiger partial charge in [-0.05, 0) is 67.5 Å². The molecule has 0 radical (unpaired) electrons. The molecule has 39 heavy (non-hydrogen) atoms. The van der Waals surface area contributed by atoms with Gasteiger partial charge < -0.3 is 9.47 Å². The first-order valence-corrected chi connectivity index (χ1v) is 16.1. The van der Waals surface area contributed by atoms with Gasteiger partial charge in [0.15, 0.2) is 0 Å². The number of carbonyl (C=O) groups excluding carboxylic acids is 1. The number of cyclic esters (lactones) is 1. The first-order chi connectivity index (χ1) is 18.5. The van der Waals surface area contributed by atoms with Crippen molar-refractivity contribution in [2.75, 3.05) is 37.3 Å². The molecule has 6 heteroatoms. The molecular formula is C33H44N2O3S. The molecular weight excluding hydrogens is 504 g/mol. The predicted molar refractivity (Wildman–Crippen MR) is 167 cm³/mol. The minimum absolute atomic E-state index is 0.217. The Balaban J connectivity index is 0.000000279. The SMILES string of the molecule is CCC.COC1CN(c2ccc(C#CS(C)(C)C)cn2)C(=O)OC1(C)C.c1ccc(Cc2ccccc2)cc1. The first-order valence-electron chi connectivity index (χ1n) is 13.3.